The fraction of sp³-hybridized carbons (Fsp3) is 0.300. The molecule has 1 aromatic carbocycles. The molecular weight excluding hydrogens is 364 g/mol. The summed E-state index contributed by atoms with van der Waals surface area (Å²) in [5.41, 5.74) is 1.77. The highest BCUT2D eigenvalue weighted by atomic mass is 32.2. The second-order valence-electron chi connectivity index (χ2n) is 6.96. The highest BCUT2D eigenvalue weighted by Gasteiger charge is 2.33. The first-order valence-corrected chi connectivity index (χ1v) is 10.6. The number of aromatic nitrogens is 1. The van der Waals surface area contributed by atoms with Crippen LogP contribution in [0.15, 0.2) is 46.9 Å². The lowest BCUT2D eigenvalue weighted by atomic mass is 10.0. The number of rotatable bonds is 3. The average Bonchev–Trinajstić information content (AvgIpc) is 3.24. The van der Waals surface area contributed by atoms with Crippen LogP contribution in [-0.4, -0.2) is 48.8 Å². The number of para-hydroxylation sites is 1. The van der Waals surface area contributed by atoms with Crippen molar-refractivity contribution in [3.8, 4) is 11.5 Å². The van der Waals surface area contributed by atoms with Crippen LogP contribution in [-0.2, 0) is 9.84 Å². The van der Waals surface area contributed by atoms with Gasteiger partial charge in [-0.05, 0) is 37.6 Å². The summed E-state index contributed by atoms with van der Waals surface area (Å²) in [4.78, 5) is 19.4. The van der Waals surface area contributed by atoms with Crippen LogP contribution in [0.1, 0.15) is 22.5 Å². The van der Waals surface area contributed by atoms with Crippen molar-refractivity contribution >= 4 is 26.6 Å². The number of furan rings is 1. The Morgan fingerprint density at radius 2 is 2.00 bits per heavy atom. The zero-order chi connectivity index (χ0) is 19.2. The van der Waals surface area contributed by atoms with Gasteiger partial charge in [-0.25, -0.2) is 13.4 Å². The third-order valence-corrected chi connectivity index (χ3v) is 6.77. The Morgan fingerprint density at radius 1 is 1.22 bits per heavy atom. The first kappa shape index (κ1) is 17.7. The number of aryl methyl sites for hydroxylation is 1. The molecule has 4 rings (SSSR count). The van der Waals surface area contributed by atoms with Gasteiger partial charge < -0.3 is 9.32 Å². The average molecular weight is 384 g/mol. The number of pyridine rings is 1. The maximum absolute atomic E-state index is 13.2. The van der Waals surface area contributed by atoms with E-state index in [4.69, 9.17) is 4.42 Å². The van der Waals surface area contributed by atoms with E-state index in [1.807, 2.05) is 43.3 Å². The van der Waals surface area contributed by atoms with Gasteiger partial charge in [-0.15, -0.1) is 0 Å². The molecule has 7 heteroatoms. The van der Waals surface area contributed by atoms with Crippen molar-refractivity contribution in [1.82, 2.24) is 9.88 Å². The van der Waals surface area contributed by atoms with Gasteiger partial charge in [0.1, 0.15) is 11.5 Å². The Kier molecular flexibility index (Phi) is 4.26. The third kappa shape index (κ3) is 3.35. The van der Waals surface area contributed by atoms with E-state index in [2.05, 4.69) is 4.98 Å². The van der Waals surface area contributed by atoms with Crippen molar-refractivity contribution in [3.05, 3.63) is 53.8 Å². The van der Waals surface area contributed by atoms with Crippen LogP contribution in [0, 0.1) is 6.92 Å². The molecule has 2 aromatic heterocycles. The zero-order valence-electron chi connectivity index (χ0n) is 15.2. The predicted octanol–water partition coefficient (Wildman–Crippen LogP) is 3.06. The number of benzene rings is 1. The lowest BCUT2D eigenvalue weighted by Crippen LogP contribution is -2.38. The van der Waals surface area contributed by atoms with Gasteiger partial charge in [0.05, 0.1) is 22.6 Å². The van der Waals surface area contributed by atoms with Crippen molar-refractivity contribution in [1.29, 1.82) is 0 Å². The number of carbonyl (C=O) groups excluding carboxylic acids is 1. The number of hydrogen-bond acceptors (Lipinski definition) is 5. The minimum absolute atomic E-state index is 0.0164. The molecular formula is C20H20N2O4S. The summed E-state index contributed by atoms with van der Waals surface area (Å²) < 4.78 is 29.3. The summed E-state index contributed by atoms with van der Waals surface area (Å²) in [6, 6.07) is 12.5. The molecule has 0 radical (unpaired) electrons. The summed E-state index contributed by atoms with van der Waals surface area (Å²) in [6.45, 7) is 1.85. The van der Waals surface area contributed by atoms with Crippen LogP contribution in [0.4, 0.5) is 0 Å². The summed E-state index contributed by atoms with van der Waals surface area (Å²) in [7, 11) is -1.40. The largest absolute Gasteiger partial charge is 0.460 e. The van der Waals surface area contributed by atoms with E-state index in [0.29, 0.717) is 29.0 Å². The van der Waals surface area contributed by atoms with Crippen LogP contribution in [0.25, 0.3) is 22.4 Å². The SMILES string of the molecule is Cc1ccc(-c2cc(C(=O)N(C)[C@@H]3CCS(=O)(=O)C3)c3ccccc3n2)o1. The second-order valence-corrected chi connectivity index (χ2v) is 9.18. The molecule has 1 atom stereocenters. The van der Waals surface area contributed by atoms with Crippen LogP contribution in [0.2, 0.25) is 0 Å². The van der Waals surface area contributed by atoms with Gasteiger partial charge in [0, 0.05) is 18.5 Å². The molecule has 27 heavy (non-hydrogen) atoms. The molecule has 1 amide bonds. The van der Waals surface area contributed by atoms with Crippen molar-refractivity contribution in [3.63, 3.8) is 0 Å². The number of nitrogens with zero attached hydrogens (tertiary/aromatic N) is 2. The minimum atomic E-state index is -3.07. The van der Waals surface area contributed by atoms with Gasteiger partial charge in [-0.1, -0.05) is 18.2 Å². The number of amides is 1. The zero-order valence-corrected chi connectivity index (χ0v) is 16.0. The summed E-state index contributed by atoms with van der Waals surface area (Å²) in [6.07, 6.45) is 0.470. The number of carbonyl (C=O) groups is 1. The van der Waals surface area contributed by atoms with Crippen molar-refractivity contribution in [2.75, 3.05) is 18.6 Å². The fourth-order valence-electron chi connectivity index (χ4n) is 3.49. The number of fused-ring (bicyclic) bond motifs is 1. The molecule has 0 spiro atoms. The van der Waals surface area contributed by atoms with Gasteiger partial charge >= 0.3 is 0 Å². The quantitative estimate of drug-likeness (QED) is 0.693. The lowest BCUT2D eigenvalue weighted by molar-refractivity contribution is 0.0749. The molecule has 6 nitrogen and oxygen atoms in total. The molecule has 3 aromatic rings. The van der Waals surface area contributed by atoms with Gasteiger partial charge in [0.25, 0.3) is 5.91 Å². The normalized spacial score (nSPS) is 18.7. The monoisotopic (exact) mass is 384 g/mol. The topological polar surface area (TPSA) is 80.5 Å². The first-order valence-electron chi connectivity index (χ1n) is 8.78. The molecule has 3 heterocycles. The van der Waals surface area contributed by atoms with E-state index in [1.54, 1.807) is 18.0 Å². The van der Waals surface area contributed by atoms with Crippen molar-refractivity contribution < 1.29 is 17.6 Å². The van der Waals surface area contributed by atoms with Gasteiger partial charge in [0.15, 0.2) is 15.6 Å². The van der Waals surface area contributed by atoms with E-state index in [9.17, 15) is 13.2 Å². The molecule has 0 bridgehead atoms. The predicted molar refractivity (Wildman–Crippen MR) is 103 cm³/mol. The Labute approximate surface area is 157 Å². The Bertz CT molecular complexity index is 1130. The van der Waals surface area contributed by atoms with Gasteiger partial charge in [-0.3, -0.25) is 4.79 Å². The number of sulfone groups is 1. The van der Waals surface area contributed by atoms with E-state index >= 15 is 0 Å². The maximum atomic E-state index is 13.2. The highest BCUT2D eigenvalue weighted by molar-refractivity contribution is 7.91. The van der Waals surface area contributed by atoms with E-state index in [-0.39, 0.29) is 23.5 Å². The third-order valence-electron chi connectivity index (χ3n) is 5.02. The number of hydrogen-bond donors (Lipinski definition) is 0. The fourth-order valence-corrected chi connectivity index (χ4v) is 5.26. The summed E-state index contributed by atoms with van der Waals surface area (Å²) in [5.74, 6) is 1.30. The van der Waals surface area contributed by atoms with Crippen LogP contribution < -0.4 is 0 Å². The highest BCUT2D eigenvalue weighted by Crippen LogP contribution is 2.28. The van der Waals surface area contributed by atoms with Crippen molar-refractivity contribution in [2.45, 2.75) is 19.4 Å². The molecule has 140 valence electrons. The molecule has 0 aliphatic carbocycles. The minimum Gasteiger partial charge on any atom is -0.460 e. The standard InChI is InChI=1S/C20H20N2O4S/c1-13-7-8-19(26-13)18-11-16(15-5-3-4-6-17(15)21-18)20(23)22(2)14-9-10-27(24,25)12-14/h3-8,11,14H,9-10,12H2,1-2H3/t14-/m1/s1. The maximum Gasteiger partial charge on any atom is 0.254 e. The van der Waals surface area contributed by atoms with Gasteiger partial charge in [-0.2, -0.15) is 0 Å². The molecule has 0 unspecified atom stereocenters. The van der Waals surface area contributed by atoms with Crippen molar-refractivity contribution in [2.24, 2.45) is 0 Å². The smallest absolute Gasteiger partial charge is 0.254 e. The molecule has 1 fully saturated rings. The van der Waals surface area contributed by atoms with E-state index in [1.165, 1.54) is 0 Å². The van der Waals surface area contributed by atoms with Gasteiger partial charge in [0.2, 0.25) is 0 Å². The molecule has 1 saturated heterocycles. The van der Waals surface area contributed by atoms with E-state index < -0.39 is 9.84 Å². The first-order chi connectivity index (χ1) is 12.8. The van der Waals surface area contributed by atoms with Crippen LogP contribution in [0.3, 0.4) is 0 Å². The lowest BCUT2D eigenvalue weighted by Gasteiger charge is -2.24. The van der Waals surface area contributed by atoms with E-state index in [0.717, 1.165) is 11.1 Å². The Balaban J connectivity index is 1.79. The van der Waals surface area contributed by atoms with Crippen LogP contribution in [0.5, 0.6) is 0 Å². The summed E-state index contributed by atoms with van der Waals surface area (Å²) in [5, 5.41) is 0.738. The Hall–Kier alpha value is -2.67. The molecule has 0 N–H and O–H groups in total. The second kappa shape index (κ2) is 6.49. The Morgan fingerprint density at radius 3 is 2.67 bits per heavy atom. The molecule has 1 aliphatic heterocycles. The molecule has 0 saturated carbocycles. The summed E-state index contributed by atoms with van der Waals surface area (Å²) >= 11 is 0. The van der Waals surface area contributed by atoms with Crippen LogP contribution >= 0.6 is 0 Å². The molecule has 1 aliphatic rings.